The first-order chi connectivity index (χ1) is 9.74. The van der Waals surface area contributed by atoms with Gasteiger partial charge in [0.25, 0.3) is 0 Å². The zero-order valence-electron chi connectivity index (χ0n) is 11.0. The van der Waals surface area contributed by atoms with E-state index in [0.717, 1.165) is 16.9 Å². The molecule has 0 bridgehead atoms. The number of nitriles is 1. The van der Waals surface area contributed by atoms with Crippen LogP contribution in [0.25, 0.3) is 11.0 Å². The summed E-state index contributed by atoms with van der Waals surface area (Å²) in [5.74, 6) is 1.73. The van der Waals surface area contributed by atoms with E-state index in [4.69, 9.17) is 9.78 Å². The van der Waals surface area contributed by atoms with Crippen LogP contribution in [0.4, 0.5) is 0 Å². The van der Waals surface area contributed by atoms with E-state index < -0.39 is 0 Å². The Morgan fingerprint density at radius 3 is 3.00 bits per heavy atom. The fourth-order valence-electron chi connectivity index (χ4n) is 1.99. The molecule has 0 amide bonds. The highest BCUT2D eigenvalue weighted by molar-refractivity contribution is 5.74. The molecule has 6 heteroatoms. The lowest BCUT2D eigenvalue weighted by Crippen LogP contribution is -1.97. The standard InChI is InChI=1S/C14H13N5O/c1-9(8-15)6-14-18-13(19-20-14)7-12-16-10-4-2-3-5-11(10)17-12/h2-5,9H,6-7H2,1H3,(H,16,17). The van der Waals surface area contributed by atoms with Gasteiger partial charge in [-0.05, 0) is 19.1 Å². The van der Waals surface area contributed by atoms with E-state index in [-0.39, 0.29) is 5.92 Å². The number of H-pyrrole nitrogens is 1. The highest BCUT2D eigenvalue weighted by Gasteiger charge is 2.12. The quantitative estimate of drug-likeness (QED) is 0.782. The van der Waals surface area contributed by atoms with Gasteiger partial charge in [-0.15, -0.1) is 0 Å². The van der Waals surface area contributed by atoms with Crippen molar-refractivity contribution in [3.05, 3.63) is 41.8 Å². The van der Waals surface area contributed by atoms with Crippen molar-refractivity contribution >= 4 is 11.0 Å². The Labute approximate surface area is 115 Å². The first-order valence-electron chi connectivity index (χ1n) is 6.39. The summed E-state index contributed by atoms with van der Waals surface area (Å²) in [5, 5.41) is 12.7. The molecule has 0 saturated heterocycles. The van der Waals surface area contributed by atoms with Crippen molar-refractivity contribution < 1.29 is 4.52 Å². The minimum atomic E-state index is -0.130. The van der Waals surface area contributed by atoms with Gasteiger partial charge in [0.05, 0.1) is 29.4 Å². The third-order valence-electron chi connectivity index (χ3n) is 2.98. The first kappa shape index (κ1) is 12.4. The number of nitrogens with zero attached hydrogens (tertiary/aromatic N) is 4. The number of aromatic amines is 1. The van der Waals surface area contributed by atoms with Crippen molar-refractivity contribution in [3.63, 3.8) is 0 Å². The lowest BCUT2D eigenvalue weighted by molar-refractivity contribution is 0.365. The maximum Gasteiger partial charge on any atom is 0.227 e. The maximum absolute atomic E-state index is 8.76. The SMILES string of the molecule is CC(C#N)Cc1nc(Cc2nc3ccccc3[nH]2)no1. The molecular formula is C14H13N5O. The second kappa shape index (κ2) is 5.13. The molecule has 0 aliphatic heterocycles. The molecule has 1 unspecified atom stereocenters. The maximum atomic E-state index is 8.76. The number of fused-ring (bicyclic) bond motifs is 1. The van der Waals surface area contributed by atoms with Crippen LogP contribution in [-0.4, -0.2) is 20.1 Å². The van der Waals surface area contributed by atoms with Crippen molar-refractivity contribution in [1.29, 1.82) is 5.26 Å². The molecule has 2 aromatic heterocycles. The summed E-state index contributed by atoms with van der Waals surface area (Å²) >= 11 is 0. The zero-order chi connectivity index (χ0) is 13.9. The molecule has 100 valence electrons. The predicted octanol–water partition coefficient (Wildman–Crippen LogP) is 2.24. The predicted molar refractivity (Wildman–Crippen MR) is 71.7 cm³/mol. The molecule has 0 radical (unpaired) electrons. The number of imidazole rings is 1. The van der Waals surface area contributed by atoms with E-state index in [1.54, 1.807) is 0 Å². The lowest BCUT2D eigenvalue weighted by atomic mass is 10.1. The molecular weight excluding hydrogens is 254 g/mol. The van der Waals surface area contributed by atoms with Gasteiger partial charge in [0.15, 0.2) is 5.82 Å². The van der Waals surface area contributed by atoms with E-state index in [0.29, 0.717) is 24.6 Å². The van der Waals surface area contributed by atoms with Gasteiger partial charge in [-0.25, -0.2) is 4.98 Å². The average molecular weight is 267 g/mol. The highest BCUT2D eigenvalue weighted by atomic mass is 16.5. The first-order valence-corrected chi connectivity index (χ1v) is 6.39. The Hall–Kier alpha value is -2.68. The number of nitrogens with one attached hydrogen (secondary N) is 1. The molecule has 1 aromatic carbocycles. The molecule has 3 rings (SSSR count). The number of hydrogen-bond donors (Lipinski definition) is 1. The third kappa shape index (κ3) is 2.52. The van der Waals surface area contributed by atoms with E-state index in [9.17, 15) is 0 Å². The van der Waals surface area contributed by atoms with Gasteiger partial charge in [-0.1, -0.05) is 17.3 Å². The van der Waals surface area contributed by atoms with Crippen LogP contribution in [0.5, 0.6) is 0 Å². The monoisotopic (exact) mass is 267 g/mol. The molecule has 0 aliphatic carbocycles. The van der Waals surface area contributed by atoms with Crippen LogP contribution < -0.4 is 0 Å². The number of benzene rings is 1. The van der Waals surface area contributed by atoms with Crippen molar-refractivity contribution in [3.8, 4) is 6.07 Å². The van der Waals surface area contributed by atoms with Crippen LogP contribution in [-0.2, 0) is 12.8 Å². The van der Waals surface area contributed by atoms with Crippen LogP contribution in [0.1, 0.15) is 24.5 Å². The topological polar surface area (TPSA) is 91.4 Å². The third-order valence-corrected chi connectivity index (χ3v) is 2.98. The summed E-state index contributed by atoms with van der Waals surface area (Å²) < 4.78 is 5.13. The number of hydrogen-bond acceptors (Lipinski definition) is 5. The molecule has 0 spiro atoms. The van der Waals surface area contributed by atoms with Gasteiger partial charge in [-0.2, -0.15) is 10.2 Å². The molecule has 20 heavy (non-hydrogen) atoms. The summed E-state index contributed by atoms with van der Waals surface area (Å²) in [4.78, 5) is 12.0. The molecule has 1 N–H and O–H groups in total. The van der Waals surface area contributed by atoms with E-state index >= 15 is 0 Å². The number of rotatable bonds is 4. The Balaban J connectivity index is 1.76. The summed E-state index contributed by atoms with van der Waals surface area (Å²) in [7, 11) is 0. The van der Waals surface area contributed by atoms with Crippen molar-refractivity contribution in [2.45, 2.75) is 19.8 Å². The smallest absolute Gasteiger partial charge is 0.227 e. The summed E-state index contributed by atoms with van der Waals surface area (Å²) in [6.45, 7) is 1.82. The van der Waals surface area contributed by atoms with Gasteiger partial charge >= 0.3 is 0 Å². The number of aromatic nitrogens is 4. The molecule has 0 aliphatic rings. The van der Waals surface area contributed by atoms with Crippen molar-refractivity contribution in [2.75, 3.05) is 0 Å². The Kier molecular flexibility index (Phi) is 3.17. The zero-order valence-corrected chi connectivity index (χ0v) is 11.0. The minimum absolute atomic E-state index is 0.130. The van der Waals surface area contributed by atoms with E-state index in [1.807, 2.05) is 31.2 Å². The molecule has 2 heterocycles. The minimum Gasteiger partial charge on any atom is -0.342 e. The molecule has 0 fully saturated rings. The molecule has 3 aromatic rings. The Bertz CT molecular complexity index is 734. The van der Waals surface area contributed by atoms with E-state index in [2.05, 4.69) is 26.2 Å². The molecule has 1 atom stereocenters. The van der Waals surface area contributed by atoms with Gasteiger partial charge < -0.3 is 9.51 Å². The van der Waals surface area contributed by atoms with Gasteiger partial charge in [0, 0.05) is 6.42 Å². The van der Waals surface area contributed by atoms with Crippen LogP contribution >= 0.6 is 0 Å². The second-order valence-corrected chi connectivity index (χ2v) is 4.72. The summed E-state index contributed by atoms with van der Waals surface area (Å²) in [5.41, 5.74) is 1.91. The fourth-order valence-corrected chi connectivity index (χ4v) is 1.99. The average Bonchev–Trinajstić information content (AvgIpc) is 3.05. The van der Waals surface area contributed by atoms with Crippen LogP contribution in [0.3, 0.4) is 0 Å². The molecule has 6 nitrogen and oxygen atoms in total. The van der Waals surface area contributed by atoms with Gasteiger partial charge in [-0.3, -0.25) is 0 Å². The van der Waals surface area contributed by atoms with Gasteiger partial charge in [0.1, 0.15) is 5.82 Å². The van der Waals surface area contributed by atoms with Gasteiger partial charge in [0.2, 0.25) is 5.89 Å². The van der Waals surface area contributed by atoms with Crippen molar-refractivity contribution in [1.82, 2.24) is 20.1 Å². The van der Waals surface area contributed by atoms with E-state index in [1.165, 1.54) is 0 Å². The second-order valence-electron chi connectivity index (χ2n) is 4.72. The number of para-hydroxylation sites is 2. The Morgan fingerprint density at radius 1 is 1.35 bits per heavy atom. The lowest BCUT2D eigenvalue weighted by Gasteiger charge is -1.93. The summed E-state index contributed by atoms with van der Waals surface area (Å²) in [6, 6.07) is 9.97. The fraction of sp³-hybridized carbons (Fsp3) is 0.286. The summed E-state index contributed by atoms with van der Waals surface area (Å²) in [6.07, 6.45) is 0.961. The van der Waals surface area contributed by atoms with Crippen molar-refractivity contribution in [2.24, 2.45) is 5.92 Å². The highest BCUT2D eigenvalue weighted by Crippen LogP contribution is 2.13. The normalized spacial score (nSPS) is 12.4. The Morgan fingerprint density at radius 2 is 2.20 bits per heavy atom. The van der Waals surface area contributed by atoms with Crippen LogP contribution in [0.15, 0.2) is 28.8 Å². The molecule has 0 saturated carbocycles. The van der Waals surface area contributed by atoms with Crippen LogP contribution in [0, 0.1) is 17.2 Å². The van der Waals surface area contributed by atoms with Crippen LogP contribution in [0.2, 0.25) is 0 Å². The largest absolute Gasteiger partial charge is 0.342 e.